The Morgan fingerprint density at radius 3 is 2.72 bits per heavy atom. The van der Waals surface area contributed by atoms with Crippen LogP contribution in [0.15, 0.2) is 39.4 Å². The Balaban J connectivity index is 1.75. The van der Waals surface area contributed by atoms with Crippen LogP contribution in [0.2, 0.25) is 5.02 Å². The maximum atomic E-state index is 11.8. The van der Waals surface area contributed by atoms with Crippen molar-refractivity contribution in [3.05, 3.63) is 51.3 Å². The molecule has 0 aliphatic rings. The van der Waals surface area contributed by atoms with Crippen LogP contribution >= 0.6 is 39.7 Å². The Morgan fingerprint density at radius 2 is 2.08 bits per heavy atom. The Morgan fingerprint density at radius 1 is 1.32 bits per heavy atom. The number of nitrogens with one attached hydrogen (secondary N) is 3. The maximum absolute atomic E-state index is 11.8. The molecule has 3 N–H and O–H groups in total. The van der Waals surface area contributed by atoms with Gasteiger partial charge in [-0.05, 0) is 43.4 Å². The van der Waals surface area contributed by atoms with Gasteiger partial charge in [-0.1, -0.05) is 27.5 Å². The Labute approximate surface area is 162 Å². The van der Waals surface area contributed by atoms with Gasteiger partial charge in [-0.3, -0.25) is 25.8 Å². The van der Waals surface area contributed by atoms with Gasteiger partial charge in [0.05, 0.1) is 16.8 Å². The number of aryl methyl sites for hydroxylation is 1. The van der Waals surface area contributed by atoms with Gasteiger partial charge in [0, 0.05) is 4.47 Å². The summed E-state index contributed by atoms with van der Waals surface area (Å²) in [7, 11) is 0. The van der Waals surface area contributed by atoms with Crippen LogP contribution in [0.1, 0.15) is 16.1 Å². The molecule has 7 nitrogen and oxygen atoms in total. The number of halogens is 2. The maximum Gasteiger partial charge on any atom is 0.273 e. The topological polar surface area (TPSA) is 92.6 Å². The molecule has 0 bridgehead atoms. The van der Waals surface area contributed by atoms with Crippen molar-refractivity contribution in [1.29, 1.82) is 0 Å². The first kappa shape index (κ1) is 19.2. The second-order valence-electron chi connectivity index (χ2n) is 4.71. The van der Waals surface area contributed by atoms with Crippen molar-refractivity contribution in [2.24, 2.45) is 0 Å². The molecule has 1 heterocycles. The summed E-state index contributed by atoms with van der Waals surface area (Å²) in [6.45, 7) is 1.36. The van der Waals surface area contributed by atoms with E-state index in [4.69, 9.17) is 33.0 Å². The van der Waals surface area contributed by atoms with Gasteiger partial charge in [0.25, 0.3) is 11.8 Å². The quantitative estimate of drug-likeness (QED) is 0.494. The summed E-state index contributed by atoms with van der Waals surface area (Å²) in [4.78, 5) is 23.6. The highest BCUT2D eigenvalue weighted by atomic mass is 79.9. The zero-order valence-electron chi connectivity index (χ0n) is 12.9. The molecule has 2 rings (SSSR count). The lowest BCUT2D eigenvalue weighted by atomic mass is 10.2. The number of rotatable bonds is 4. The van der Waals surface area contributed by atoms with E-state index >= 15 is 0 Å². The van der Waals surface area contributed by atoms with Crippen LogP contribution in [0.4, 0.5) is 0 Å². The second-order valence-corrected chi connectivity index (χ2v) is 6.44. The molecule has 2 aromatic rings. The van der Waals surface area contributed by atoms with Crippen molar-refractivity contribution < 1.29 is 18.7 Å². The van der Waals surface area contributed by atoms with Gasteiger partial charge in [0.1, 0.15) is 11.5 Å². The molecule has 2 amide bonds. The Kier molecular flexibility index (Phi) is 6.80. The van der Waals surface area contributed by atoms with E-state index in [0.29, 0.717) is 22.1 Å². The standard InChI is InChI=1S/C15H13BrClN3O4S/c1-8-10(4-5-23-8)14(22)19-20-15(25)18-13(21)7-24-12-3-2-9(16)6-11(12)17/h2-6H,7H2,1H3,(H,19,22)(H2,18,20,21,25). The van der Waals surface area contributed by atoms with Gasteiger partial charge in [-0.15, -0.1) is 0 Å². The van der Waals surface area contributed by atoms with E-state index in [1.165, 1.54) is 12.3 Å². The van der Waals surface area contributed by atoms with E-state index in [2.05, 4.69) is 32.1 Å². The summed E-state index contributed by atoms with van der Waals surface area (Å²) in [5.74, 6) is -0.123. The molecule has 0 radical (unpaired) electrons. The average molecular weight is 447 g/mol. The molecular formula is C15H13BrClN3O4S. The molecule has 0 fully saturated rings. The van der Waals surface area contributed by atoms with Crippen LogP contribution in [0.5, 0.6) is 5.75 Å². The number of carbonyl (C=O) groups is 2. The molecule has 0 saturated heterocycles. The van der Waals surface area contributed by atoms with E-state index in [0.717, 1.165) is 4.47 Å². The van der Waals surface area contributed by atoms with Crippen molar-refractivity contribution in [3.63, 3.8) is 0 Å². The van der Waals surface area contributed by atoms with Crippen LogP contribution in [0, 0.1) is 6.92 Å². The number of hydrogen-bond donors (Lipinski definition) is 3. The average Bonchev–Trinajstić information content (AvgIpc) is 2.98. The molecule has 0 atom stereocenters. The lowest BCUT2D eigenvalue weighted by Gasteiger charge is -2.11. The highest BCUT2D eigenvalue weighted by Gasteiger charge is 2.12. The van der Waals surface area contributed by atoms with E-state index < -0.39 is 11.8 Å². The predicted molar refractivity (Wildman–Crippen MR) is 99.4 cm³/mol. The molecule has 0 aliphatic carbocycles. The summed E-state index contributed by atoms with van der Waals surface area (Å²) < 4.78 is 11.1. The molecule has 1 aromatic heterocycles. The molecule has 0 unspecified atom stereocenters. The van der Waals surface area contributed by atoms with Crippen molar-refractivity contribution in [2.45, 2.75) is 6.92 Å². The van der Waals surface area contributed by atoms with Gasteiger partial charge in [-0.25, -0.2) is 0 Å². The summed E-state index contributed by atoms with van der Waals surface area (Å²) in [6.07, 6.45) is 1.40. The van der Waals surface area contributed by atoms with Gasteiger partial charge in [-0.2, -0.15) is 0 Å². The van der Waals surface area contributed by atoms with Gasteiger partial charge < -0.3 is 9.15 Å². The molecule has 132 valence electrons. The highest BCUT2D eigenvalue weighted by molar-refractivity contribution is 9.10. The van der Waals surface area contributed by atoms with Gasteiger partial charge in [0.2, 0.25) is 0 Å². The first-order chi connectivity index (χ1) is 11.9. The third-order valence-electron chi connectivity index (χ3n) is 2.90. The van der Waals surface area contributed by atoms with E-state index in [1.54, 1.807) is 25.1 Å². The molecule has 1 aromatic carbocycles. The zero-order chi connectivity index (χ0) is 18.4. The van der Waals surface area contributed by atoms with Gasteiger partial charge >= 0.3 is 0 Å². The lowest BCUT2D eigenvalue weighted by Crippen LogP contribution is -2.49. The summed E-state index contributed by atoms with van der Waals surface area (Å²) in [6, 6.07) is 6.53. The van der Waals surface area contributed by atoms with E-state index in [-0.39, 0.29) is 11.7 Å². The third-order valence-corrected chi connectivity index (χ3v) is 3.89. The number of hydrazine groups is 1. The summed E-state index contributed by atoms with van der Waals surface area (Å²) in [5.41, 5.74) is 5.12. The highest BCUT2D eigenvalue weighted by Crippen LogP contribution is 2.27. The van der Waals surface area contributed by atoms with Gasteiger partial charge in [0.15, 0.2) is 11.7 Å². The molecule has 10 heteroatoms. The minimum Gasteiger partial charge on any atom is -0.482 e. The van der Waals surface area contributed by atoms with Crippen molar-refractivity contribution in [2.75, 3.05) is 6.61 Å². The third kappa shape index (κ3) is 5.73. The van der Waals surface area contributed by atoms with E-state index in [9.17, 15) is 9.59 Å². The van der Waals surface area contributed by atoms with Crippen LogP contribution in [-0.4, -0.2) is 23.5 Å². The fourth-order valence-electron chi connectivity index (χ4n) is 1.73. The minimum atomic E-state index is -0.509. The zero-order valence-corrected chi connectivity index (χ0v) is 16.0. The molecular weight excluding hydrogens is 434 g/mol. The molecule has 0 spiro atoms. The minimum absolute atomic E-state index is 0.0787. The normalized spacial score (nSPS) is 10.0. The van der Waals surface area contributed by atoms with Crippen LogP contribution < -0.4 is 20.9 Å². The molecule has 25 heavy (non-hydrogen) atoms. The summed E-state index contributed by atoms with van der Waals surface area (Å²) in [5, 5.41) is 2.65. The fourth-order valence-corrected chi connectivity index (χ4v) is 2.62. The number of amides is 2. The van der Waals surface area contributed by atoms with Crippen molar-refractivity contribution in [1.82, 2.24) is 16.2 Å². The van der Waals surface area contributed by atoms with Crippen LogP contribution in [-0.2, 0) is 4.79 Å². The summed E-state index contributed by atoms with van der Waals surface area (Å²) >= 11 is 14.2. The SMILES string of the molecule is Cc1occc1C(=O)NNC(=S)NC(=O)COc1ccc(Br)cc1Cl. The number of benzene rings is 1. The Bertz CT molecular complexity index is 812. The first-order valence-electron chi connectivity index (χ1n) is 6.89. The molecule has 0 aliphatic heterocycles. The van der Waals surface area contributed by atoms with E-state index in [1.807, 2.05) is 0 Å². The Hall–Kier alpha value is -2.10. The van der Waals surface area contributed by atoms with Crippen molar-refractivity contribution in [3.8, 4) is 5.75 Å². The van der Waals surface area contributed by atoms with Crippen LogP contribution in [0.25, 0.3) is 0 Å². The number of hydrogen-bond acceptors (Lipinski definition) is 5. The number of thiocarbonyl (C=S) groups is 1. The van der Waals surface area contributed by atoms with Crippen molar-refractivity contribution >= 4 is 56.7 Å². The van der Waals surface area contributed by atoms with Crippen LogP contribution in [0.3, 0.4) is 0 Å². The second kappa shape index (κ2) is 8.84. The number of furan rings is 1. The predicted octanol–water partition coefficient (Wildman–Crippen LogP) is 2.72. The number of ether oxygens (including phenoxy) is 1. The lowest BCUT2D eigenvalue weighted by molar-refractivity contribution is -0.121. The number of carbonyl (C=O) groups excluding carboxylic acids is 2. The largest absolute Gasteiger partial charge is 0.482 e. The first-order valence-corrected chi connectivity index (χ1v) is 8.47. The monoisotopic (exact) mass is 445 g/mol. The molecule has 0 saturated carbocycles. The smallest absolute Gasteiger partial charge is 0.273 e. The fraction of sp³-hybridized carbons (Fsp3) is 0.133.